The third-order valence-electron chi connectivity index (χ3n) is 4.58. The first-order valence-corrected chi connectivity index (χ1v) is 11.0. The van der Waals surface area contributed by atoms with E-state index in [1.807, 2.05) is 36.4 Å². The Labute approximate surface area is 174 Å². The molecule has 0 spiro atoms. The van der Waals surface area contributed by atoms with Crippen molar-refractivity contribution < 1.29 is 17.6 Å². The monoisotopic (exact) mass is 433 g/mol. The molecule has 1 aliphatic heterocycles. The van der Waals surface area contributed by atoms with Crippen molar-refractivity contribution in [2.45, 2.75) is 11.4 Å². The fourth-order valence-corrected chi connectivity index (χ4v) is 4.47. The molecule has 9 heteroatoms. The summed E-state index contributed by atoms with van der Waals surface area (Å²) in [5, 5.41) is 3.81. The van der Waals surface area contributed by atoms with Crippen LogP contribution in [0.5, 0.6) is 0 Å². The Balaban J connectivity index is 1.39. The Morgan fingerprint density at radius 1 is 1.03 bits per heavy atom. The van der Waals surface area contributed by atoms with E-state index in [0.29, 0.717) is 43.7 Å². The second-order valence-electron chi connectivity index (χ2n) is 6.52. The number of pyridine rings is 1. The van der Waals surface area contributed by atoms with E-state index < -0.39 is 10.0 Å². The highest BCUT2D eigenvalue weighted by atomic mass is 35.5. The van der Waals surface area contributed by atoms with Gasteiger partial charge in [0.1, 0.15) is 22.2 Å². The van der Waals surface area contributed by atoms with E-state index in [4.69, 9.17) is 20.8 Å². The molecule has 29 heavy (non-hydrogen) atoms. The lowest BCUT2D eigenvalue weighted by atomic mass is 10.2. The normalized spacial score (nSPS) is 15.3. The summed E-state index contributed by atoms with van der Waals surface area (Å²) in [6.45, 7) is 1.96. The van der Waals surface area contributed by atoms with Gasteiger partial charge in [-0.3, -0.25) is 0 Å². The quantitative estimate of drug-likeness (QED) is 0.639. The maximum atomic E-state index is 12.6. The molecule has 0 saturated carbocycles. The number of anilines is 1. The largest absolute Gasteiger partial charge is 0.459 e. The molecule has 152 valence electrons. The van der Waals surface area contributed by atoms with Crippen LogP contribution in [0.15, 0.2) is 64.0 Å². The highest BCUT2D eigenvalue weighted by Gasteiger charge is 2.26. The van der Waals surface area contributed by atoms with Gasteiger partial charge in [-0.05, 0) is 48.5 Å². The number of furan rings is 1. The van der Waals surface area contributed by atoms with Gasteiger partial charge in [0.2, 0.25) is 10.0 Å². The van der Waals surface area contributed by atoms with Gasteiger partial charge in [-0.2, -0.15) is 4.31 Å². The molecule has 3 aromatic rings. The van der Waals surface area contributed by atoms with Crippen molar-refractivity contribution in [1.82, 2.24) is 9.29 Å². The molecule has 3 heterocycles. The Hall–Kier alpha value is -2.39. The van der Waals surface area contributed by atoms with Crippen LogP contribution >= 0.6 is 11.6 Å². The molecule has 0 unspecified atom stereocenters. The van der Waals surface area contributed by atoms with Crippen molar-refractivity contribution in [3.8, 4) is 11.3 Å². The maximum Gasteiger partial charge on any atom is 0.244 e. The van der Waals surface area contributed by atoms with Crippen LogP contribution < -0.4 is 5.32 Å². The van der Waals surface area contributed by atoms with Crippen LogP contribution in [-0.2, 0) is 21.3 Å². The number of hydrogen-bond acceptors (Lipinski definition) is 6. The van der Waals surface area contributed by atoms with Crippen molar-refractivity contribution in [2.24, 2.45) is 0 Å². The van der Waals surface area contributed by atoms with Crippen LogP contribution in [0.4, 0.5) is 5.82 Å². The first-order valence-electron chi connectivity index (χ1n) is 9.15. The molecule has 1 aromatic carbocycles. The smallest absolute Gasteiger partial charge is 0.244 e. The first kappa shape index (κ1) is 19.9. The second-order valence-corrected chi connectivity index (χ2v) is 8.90. The van der Waals surface area contributed by atoms with Gasteiger partial charge in [0.05, 0.1) is 19.8 Å². The summed E-state index contributed by atoms with van der Waals surface area (Å²) < 4.78 is 37.7. The molecule has 0 radical (unpaired) electrons. The van der Waals surface area contributed by atoms with Gasteiger partial charge in [-0.15, -0.1) is 0 Å². The number of aromatic nitrogens is 1. The van der Waals surface area contributed by atoms with E-state index in [0.717, 1.165) is 17.1 Å². The number of rotatable bonds is 6. The van der Waals surface area contributed by atoms with E-state index in [9.17, 15) is 8.42 Å². The molecule has 0 aliphatic carbocycles. The number of nitrogens with zero attached hydrogens (tertiary/aromatic N) is 2. The summed E-state index contributed by atoms with van der Waals surface area (Å²) in [7, 11) is -3.54. The van der Waals surface area contributed by atoms with Crippen LogP contribution in [0.25, 0.3) is 11.3 Å². The number of nitrogens with one attached hydrogen (secondary N) is 1. The molecule has 1 saturated heterocycles. The Kier molecular flexibility index (Phi) is 5.86. The molecule has 7 nitrogen and oxygen atoms in total. The topological polar surface area (TPSA) is 84.7 Å². The molecule has 0 bridgehead atoms. The number of benzene rings is 1. The zero-order valence-corrected chi connectivity index (χ0v) is 17.1. The molecule has 1 fully saturated rings. The van der Waals surface area contributed by atoms with Crippen molar-refractivity contribution in [3.05, 3.63) is 65.5 Å². The minimum atomic E-state index is -3.54. The Morgan fingerprint density at radius 2 is 1.79 bits per heavy atom. The summed E-state index contributed by atoms with van der Waals surface area (Å²) in [5.74, 6) is 2.05. The van der Waals surface area contributed by atoms with E-state index in [2.05, 4.69) is 10.3 Å². The zero-order valence-electron chi connectivity index (χ0n) is 15.5. The van der Waals surface area contributed by atoms with Gasteiger partial charge in [0.15, 0.2) is 0 Å². The minimum Gasteiger partial charge on any atom is -0.459 e. The second kappa shape index (κ2) is 8.54. The van der Waals surface area contributed by atoms with Crippen LogP contribution in [0.2, 0.25) is 5.02 Å². The summed E-state index contributed by atoms with van der Waals surface area (Å²) >= 11 is 5.91. The predicted molar refractivity (Wildman–Crippen MR) is 110 cm³/mol. The molecular formula is C20H20ClN3O4S. The predicted octanol–water partition coefficient (Wildman–Crippen LogP) is 3.63. The molecule has 0 atom stereocenters. The van der Waals surface area contributed by atoms with Gasteiger partial charge >= 0.3 is 0 Å². The number of hydrogen-bond donors (Lipinski definition) is 1. The first-order chi connectivity index (χ1) is 14.0. The molecule has 2 aromatic heterocycles. The van der Waals surface area contributed by atoms with Gasteiger partial charge in [-0.1, -0.05) is 11.6 Å². The summed E-state index contributed by atoms with van der Waals surface area (Å²) in [6, 6.07) is 14.4. The van der Waals surface area contributed by atoms with Gasteiger partial charge < -0.3 is 14.5 Å². The average Bonchev–Trinajstić information content (AvgIpc) is 3.23. The number of sulfonamides is 1. The SMILES string of the molecule is O=S(=O)(c1ccc(NCc2ccc(-c3ccc(Cl)cc3)o2)nc1)N1CCOCC1. The zero-order chi connectivity index (χ0) is 20.3. The third-order valence-corrected chi connectivity index (χ3v) is 6.71. The van der Waals surface area contributed by atoms with E-state index in [1.165, 1.54) is 10.5 Å². The van der Waals surface area contributed by atoms with E-state index >= 15 is 0 Å². The summed E-state index contributed by atoms with van der Waals surface area (Å²) in [6.07, 6.45) is 1.37. The van der Waals surface area contributed by atoms with Crippen LogP contribution in [0, 0.1) is 0 Å². The standard InChI is InChI=1S/C20H20ClN3O4S/c21-16-3-1-15(2-4-16)19-7-5-17(28-19)13-22-20-8-6-18(14-23-20)29(25,26)24-9-11-27-12-10-24/h1-8,14H,9-13H2,(H,22,23). The van der Waals surface area contributed by atoms with E-state index in [-0.39, 0.29) is 4.90 Å². The highest BCUT2D eigenvalue weighted by molar-refractivity contribution is 7.89. The lowest BCUT2D eigenvalue weighted by molar-refractivity contribution is 0.0730. The van der Waals surface area contributed by atoms with Crippen LogP contribution in [-0.4, -0.2) is 44.0 Å². The van der Waals surface area contributed by atoms with Crippen molar-refractivity contribution >= 4 is 27.4 Å². The van der Waals surface area contributed by atoms with Crippen LogP contribution in [0.3, 0.4) is 0 Å². The van der Waals surface area contributed by atoms with Gasteiger partial charge in [0, 0.05) is 29.9 Å². The molecule has 1 N–H and O–H groups in total. The maximum absolute atomic E-state index is 12.6. The highest BCUT2D eigenvalue weighted by Crippen LogP contribution is 2.24. The fraction of sp³-hybridized carbons (Fsp3) is 0.250. The van der Waals surface area contributed by atoms with Gasteiger partial charge in [0.25, 0.3) is 0 Å². The molecule has 1 aliphatic rings. The molecular weight excluding hydrogens is 414 g/mol. The minimum absolute atomic E-state index is 0.174. The third kappa shape index (κ3) is 4.62. The number of halogens is 1. The summed E-state index contributed by atoms with van der Waals surface area (Å²) in [4.78, 5) is 4.40. The molecule has 0 amide bonds. The molecule has 4 rings (SSSR count). The number of morpholine rings is 1. The van der Waals surface area contributed by atoms with E-state index in [1.54, 1.807) is 12.1 Å². The summed E-state index contributed by atoms with van der Waals surface area (Å²) in [5.41, 5.74) is 0.941. The van der Waals surface area contributed by atoms with Crippen molar-refractivity contribution in [1.29, 1.82) is 0 Å². The Morgan fingerprint density at radius 3 is 2.48 bits per heavy atom. The Bertz CT molecular complexity index is 1060. The van der Waals surface area contributed by atoms with Crippen LogP contribution in [0.1, 0.15) is 5.76 Å². The lowest BCUT2D eigenvalue weighted by Gasteiger charge is -2.25. The number of ether oxygens (including phenoxy) is 1. The van der Waals surface area contributed by atoms with Crippen molar-refractivity contribution in [2.75, 3.05) is 31.6 Å². The van der Waals surface area contributed by atoms with Gasteiger partial charge in [-0.25, -0.2) is 13.4 Å². The average molecular weight is 434 g/mol. The fourth-order valence-electron chi connectivity index (χ4n) is 2.99. The van der Waals surface area contributed by atoms with Crippen molar-refractivity contribution in [3.63, 3.8) is 0 Å². The lowest BCUT2D eigenvalue weighted by Crippen LogP contribution is -2.40.